The van der Waals surface area contributed by atoms with E-state index in [1.165, 1.54) is 38.4 Å². The minimum absolute atomic E-state index is 0.0274. The fourth-order valence-electron chi connectivity index (χ4n) is 2.06. The summed E-state index contributed by atoms with van der Waals surface area (Å²) in [4.78, 5) is 11.0. The van der Waals surface area contributed by atoms with E-state index in [9.17, 15) is 4.79 Å². The van der Waals surface area contributed by atoms with Gasteiger partial charge in [0.1, 0.15) is 6.29 Å². The predicted molar refractivity (Wildman–Crippen MR) is 51.0 cm³/mol. The Morgan fingerprint density at radius 1 is 1.25 bits per heavy atom. The van der Waals surface area contributed by atoms with Crippen molar-refractivity contribution >= 4 is 6.29 Å². The van der Waals surface area contributed by atoms with Crippen LogP contribution in [0.25, 0.3) is 0 Å². The molecular formula is C11H20O. The fraction of sp³-hybridized carbons (Fsp3) is 0.909. The topological polar surface area (TPSA) is 17.1 Å². The van der Waals surface area contributed by atoms with Crippen LogP contribution in [0.3, 0.4) is 0 Å². The molecule has 70 valence electrons. The Morgan fingerprint density at radius 3 is 2.58 bits per heavy atom. The number of carbonyl (C=O) groups is 1. The van der Waals surface area contributed by atoms with Gasteiger partial charge in [0.25, 0.3) is 0 Å². The van der Waals surface area contributed by atoms with E-state index in [1.807, 2.05) is 0 Å². The third-order valence-corrected chi connectivity index (χ3v) is 3.50. The van der Waals surface area contributed by atoms with E-state index in [-0.39, 0.29) is 5.41 Å². The molecular weight excluding hydrogens is 148 g/mol. The van der Waals surface area contributed by atoms with Crippen molar-refractivity contribution in [2.24, 2.45) is 11.3 Å². The predicted octanol–water partition coefficient (Wildman–Crippen LogP) is 3.18. The highest BCUT2D eigenvalue weighted by molar-refractivity contribution is 5.59. The lowest BCUT2D eigenvalue weighted by Crippen LogP contribution is -2.28. The summed E-state index contributed by atoms with van der Waals surface area (Å²) in [5.41, 5.74) is -0.0274. The van der Waals surface area contributed by atoms with Gasteiger partial charge in [0.2, 0.25) is 0 Å². The highest BCUT2D eigenvalue weighted by Gasteiger charge is 2.30. The minimum atomic E-state index is -0.0274. The Hall–Kier alpha value is -0.330. The lowest BCUT2D eigenvalue weighted by Gasteiger charge is -2.32. The molecule has 12 heavy (non-hydrogen) atoms. The molecule has 0 bridgehead atoms. The second-order valence-electron chi connectivity index (χ2n) is 4.48. The molecule has 0 radical (unpaired) electrons. The molecule has 0 aromatic carbocycles. The summed E-state index contributed by atoms with van der Waals surface area (Å²) in [6, 6.07) is 0. The normalized spacial score (nSPS) is 38.3. The van der Waals surface area contributed by atoms with Crippen molar-refractivity contribution in [3.63, 3.8) is 0 Å². The van der Waals surface area contributed by atoms with Gasteiger partial charge in [-0.25, -0.2) is 0 Å². The summed E-state index contributed by atoms with van der Waals surface area (Å²) in [5, 5.41) is 0. The lowest BCUT2D eigenvalue weighted by atomic mass is 9.72. The molecule has 1 fully saturated rings. The first-order valence-corrected chi connectivity index (χ1v) is 5.15. The van der Waals surface area contributed by atoms with Crippen LogP contribution in [-0.2, 0) is 4.79 Å². The Balaban J connectivity index is 2.60. The number of hydrogen-bond acceptors (Lipinski definition) is 1. The number of aldehydes is 1. The van der Waals surface area contributed by atoms with Crippen molar-refractivity contribution in [2.75, 3.05) is 0 Å². The van der Waals surface area contributed by atoms with Gasteiger partial charge in [0.15, 0.2) is 0 Å². The van der Waals surface area contributed by atoms with Gasteiger partial charge < -0.3 is 4.79 Å². The summed E-state index contributed by atoms with van der Waals surface area (Å²) in [6.45, 7) is 4.34. The third kappa shape index (κ3) is 2.09. The number of carbonyl (C=O) groups excluding carboxylic acids is 1. The van der Waals surface area contributed by atoms with Crippen LogP contribution in [0.5, 0.6) is 0 Å². The number of rotatable bonds is 1. The molecule has 0 aromatic heterocycles. The largest absolute Gasteiger partial charge is 0.303 e. The van der Waals surface area contributed by atoms with Gasteiger partial charge >= 0.3 is 0 Å². The Kier molecular flexibility index (Phi) is 3.30. The van der Waals surface area contributed by atoms with Crippen molar-refractivity contribution in [1.29, 1.82) is 0 Å². The van der Waals surface area contributed by atoms with Gasteiger partial charge in [-0.1, -0.05) is 39.5 Å². The highest BCUT2D eigenvalue weighted by Crippen LogP contribution is 2.36. The first-order valence-electron chi connectivity index (χ1n) is 5.15. The van der Waals surface area contributed by atoms with Crippen molar-refractivity contribution < 1.29 is 4.79 Å². The first kappa shape index (κ1) is 9.76. The molecule has 0 heterocycles. The standard InChI is InChI=1S/C11H20O/c1-10-7-5-3-4-6-8-11(10,2)9-12/h9-10H,3-8H2,1-2H3. The van der Waals surface area contributed by atoms with Crippen LogP contribution in [0.15, 0.2) is 0 Å². The van der Waals surface area contributed by atoms with E-state index in [2.05, 4.69) is 13.8 Å². The fourth-order valence-corrected chi connectivity index (χ4v) is 2.06. The molecule has 0 spiro atoms. The quantitative estimate of drug-likeness (QED) is 0.549. The van der Waals surface area contributed by atoms with Gasteiger partial charge in [0.05, 0.1) is 0 Å². The zero-order valence-electron chi connectivity index (χ0n) is 8.31. The second-order valence-corrected chi connectivity index (χ2v) is 4.48. The monoisotopic (exact) mass is 168 g/mol. The Labute approximate surface area is 75.5 Å². The summed E-state index contributed by atoms with van der Waals surface area (Å²) in [5.74, 6) is 0.579. The molecule has 0 amide bonds. The van der Waals surface area contributed by atoms with Gasteiger partial charge in [-0.05, 0) is 18.8 Å². The zero-order chi connectivity index (χ0) is 9.03. The smallest absolute Gasteiger partial charge is 0.126 e. The van der Waals surface area contributed by atoms with Crippen LogP contribution in [0.2, 0.25) is 0 Å². The first-order chi connectivity index (χ1) is 5.69. The van der Waals surface area contributed by atoms with Gasteiger partial charge in [0, 0.05) is 5.41 Å². The van der Waals surface area contributed by atoms with Crippen LogP contribution >= 0.6 is 0 Å². The van der Waals surface area contributed by atoms with Crippen molar-refractivity contribution in [2.45, 2.75) is 52.4 Å². The lowest BCUT2D eigenvalue weighted by molar-refractivity contribution is -0.118. The summed E-state index contributed by atoms with van der Waals surface area (Å²) >= 11 is 0. The van der Waals surface area contributed by atoms with E-state index < -0.39 is 0 Å². The minimum Gasteiger partial charge on any atom is -0.303 e. The van der Waals surface area contributed by atoms with Crippen LogP contribution in [0.1, 0.15) is 52.4 Å². The van der Waals surface area contributed by atoms with Crippen LogP contribution in [-0.4, -0.2) is 6.29 Å². The van der Waals surface area contributed by atoms with Gasteiger partial charge in [-0.15, -0.1) is 0 Å². The van der Waals surface area contributed by atoms with E-state index in [4.69, 9.17) is 0 Å². The third-order valence-electron chi connectivity index (χ3n) is 3.50. The van der Waals surface area contributed by atoms with E-state index in [0.29, 0.717) is 5.92 Å². The highest BCUT2D eigenvalue weighted by atomic mass is 16.1. The van der Waals surface area contributed by atoms with Gasteiger partial charge in [-0.2, -0.15) is 0 Å². The molecule has 1 rings (SSSR count). The molecule has 0 N–H and O–H groups in total. The molecule has 2 atom stereocenters. The molecule has 1 aliphatic rings. The molecule has 1 aliphatic carbocycles. The van der Waals surface area contributed by atoms with E-state index >= 15 is 0 Å². The zero-order valence-corrected chi connectivity index (χ0v) is 8.31. The van der Waals surface area contributed by atoms with Crippen molar-refractivity contribution in [3.05, 3.63) is 0 Å². The molecule has 0 saturated heterocycles. The van der Waals surface area contributed by atoms with E-state index in [0.717, 1.165) is 6.42 Å². The Morgan fingerprint density at radius 2 is 1.92 bits per heavy atom. The molecule has 1 heteroatoms. The van der Waals surface area contributed by atoms with E-state index in [1.54, 1.807) is 0 Å². The maximum atomic E-state index is 11.0. The molecule has 2 unspecified atom stereocenters. The second kappa shape index (κ2) is 4.06. The van der Waals surface area contributed by atoms with Crippen LogP contribution in [0.4, 0.5) is 0 Å². The molecule has 0 aliphatic heterocycles. The maximum Gasteiger partial charge on any atom is 0.126 e. The number of hydrogen-bond donors (Lipinski definition) is 0. The average Bonchev–Trinajstić information content (AvgIpc) is 2.07. The molecule has 0 aromatic rings. The Bertz CT molecular complexity index is 153. The summed E-state index contributed by atoms with van der Waals surface area (Å²) < 4.78 is 0. The average molecular weight is 168 g/mol. The SMILES string of the molecule is CC1CCCCCCC1(C)C=O. The molecule has 1 nitrogen and oxygen atoms in total. The van der Waals surface area contributed by atoms with Crippen LogP contribution in [0, 0.1) is 11.3 Å². The van der Waals surface area contributed by atoms with Crippen molar-refractivity contribution in [1.82, 2.24) is 0 Å². The maximum absolute atomic E-state index is 11.0. The molecule has 1 saturated carbocycles. The van der Waals surface area contributed by atoms with Crippen molar-refractivity contribution in [3.8, 4) is 0 Å². The van der Waals surface area contributed by atoms with Gasteiger partial charge in [-0.3, -0.25) is 0 Å². The summed E-state index contributed by atoms with van der Waals surface area (Å²) in [6.07, 6.45) is 8.73. The summed E-state index contributed by atoms with van der Waals surface area (Å²) in [7, 11) is 0. The van der Waals surface area contributed by atoms with Crippen LogP contribution < -0.4 is 0 Å².